The monoisotopic (exact) mass is 127 g/mol. The van der Waals surface area contributed by atoms with Crippen LogP contribution in [-0.4, -0.2) is 30.3 Å². The zero-order valence-electron chi connectivity index (χ0n) is 6.05. The van der Waals surface area contributed by atoms with Gasteiger partial charge in [0.1, 0.15) is 5.78 Å². The summed E-state index contributed by atoms with van der Waals surface area (Å²) in [6.07, 6.45) is 0. The summed E-state index contributed by atoms with van der Waals surface area (Å²) in [5.74, 6) is 1.09. The second kappa shape index (κ2) is 2.48. The molecule has 0 amide bonds. The van der Waals surface area contributed by atoms with E-state index in [0.717, 1.165) is 19.0 Å². The van der Waals surface area contributed by atoms with Crippen molar-refractivity contribution in [3.8, 4) is 0 Å². The molecule has 0 aliphatic carbocycles. The van der Waals surface area contributed by atoms with Crippen LogP contribution in [-0.2, 0) is 4.79 Å². The molecule has 1 saturated heterocycles. The first-order chi connectivity index (χ1) is 4.18. The molecule has 0 bridgehead atoms. The zero-order chi connectivity index (χ0) is 6.85. The van der Waals surface area contributed by atoms with Gasteiger partial charge in [0.05, 0.1) is 6.54 Å². The fourth-order valence-corrected chi connectivity index (χ4v) is 1.27. The average molecular weight is 127 g/mol. The van der Waals surface area contributed by atoms with Crippen molar-refractivity contribution in [3.05, 3.63) is 0 Å². The third kappa shape index (κ3) is 1.79. The molecule has 0 aromatic carbocycles. The van der Waals surface area contributed by atoms with Gasteiger partial charge in [-0.3, -0.25) is 9.69 Å². The van der Waals surface area contributed by atoms with E-state index in [1.165, 1.54) is 0 Å². The summed E-state index contributed by atoms with van der Waals surface area (Å²) >= 11 is 0. The van der Waals surface area contributed by atoms with Crippen LogP contribution in [0, 0.1) is 5.92 Å². The number of likely N-dealkylation sites (tertiary alicyclic amines) is 1. The Bertz CT molecular complexity index is 116. The Hall–Kier alpha value is -0.370. The van der Waals surface area contributed by atoms with Gasteiger partial charge in [0.25, 0.3) is 0 Å². The first-order valence-electron chi connectivity index (χ1n) is 3.40. The molecule has 0 aromatic rings. The Balaban J connectivity index is 2.11. The Labute approximate surface area is 55.8 Å². The molecular formula is C7H13NO. The van der Waals surface area contributed by atoms with Crippen LogP contribution in [0.25, 0.3) is 0 Å². The molecular weight excluding hydrogens is 114 g/mol. The van der Waals surface area contributed by atoms with Gasteiger partial charge in [-0.05, 0) is 12.8 Å². The van der Waals surface area contributed by atoms with Gasteiger partial charge in [0.2, 0.25) is 0 Å². The number of carbonyl (C=O) groups is 1. The van der Waals surface area contributed by atoms with E-state index in [1.807, 2.05) is 0 Å². The number of Topliss-reactive ketones (excluding diaryl/α,β-unsaturated/α-hetero) is 1. The number of carbonyl (C=O) groups excluding carboxylic acids is 1. The van der Waals surface area contributed by atoms with E-state index in [1.54, 1.807) is 6.92 Å². The van der Waals surface area contributed by atoms with E-state index in [2.05, 4.69) is 11.8 Å². The smallest absolute Gasteiger partial charge is 0.143 e. The maximum atomic E-state index is 10.5. The molecule has 1 aliphatic rings. The Morgan fingerprint density at radius 3 is 2.56 bits per heavy atom. The minimum Gasteiger partial charge on any atom is -0.299 e. The van der Waals surface area contributed by atoms with Crippen molar-refractivity contribution >= 4 is 5.78 Å². The van der Waals surface area contributed by atoms with E-state index in [-0.39, 0.29) is 5.78 Å². The molecule has 0 N–H and O–H groups in total. The average Bonchev–Trinajstić information content (AvgIpc) is 1.60. The van der Waals surface area contributed by atoms with Gasteiger partial charge >= 0.3 is 0 Å². The lowest BCUT2D eigenvalue weighted by atomic mass is 10.0. The van der Waals surface area contributed by atoms with Crippen LogP contribution in [0.3, 0.4) is 0 Å². The van der Waals surface area contributed by atoms with Gasteiger partial charge in [-0.2, -0.15) is 0 Å². The number of ketones is 1. The lowest BCUT2D eigenvalue weighted by Crippen LogP contribution is -2.46. The first kappa shape index (κ1) is 6.75. The number of hydrogen-bond donors (Lipinski definition) is 0. The highest BCUT2D eigenvalue weighted by molar-refractivity contribution is 5.77. The Morgan fingerprint density at radius 1 is 1.67 bits per heavy atom. The summed E-state index contributed by atoms with van der Waals surface area (Å²) in [5, 5.41) is 0. The molecule has 0 atom stereocenters. The van der Waals surface area contributed by atoms with Gasteiger partial charge in [-0.15, -0.1) is 0 Å². The molecule has 1 fully saturated rings. The predicted molar refractivity (Wildman–Crippen MR) is 36.3 cm³/mol. The Kier molecular flexibility index (Phi) is 1.86. The summed E-state index contributed by atoms with van der Waals surface area (Å²) in [6.45, 7) is 6.73. The van der Waals surface area contributed by atoms with Crippen molar-refractivity contribution in [2.45, 2.75) is 13.8 Å². The summed E-state index contributed by atoms with van der Waals surface area (Å²) in [4.78, 5) is 12.7. The molecule has 0 radical (unpaired) electrons. The van der Waals surface area contributed by atoms with Crippen LogP contribution in [0.4, 0.5) is 0 Å². The second-order valence-electron chi connectivity index (χ2n) is 3.00. The minimum absolute atomic E-state index is 0.280. The minimum atomic E-state index is 0.280. The lowest BCUT2D eigenvalue weighted by Gasteiger charge is -2.36. The van der Waals surface area contributed by atoms with Crippen LogP contribution in [0.2, 0.25) is 0 Å². The van der Waals surface area contributed by atoms with Gasteiger partial charge in [-0.25, -0.2) is 0 Å². The molecule has 52 valence electrons. The van der Waals surface area contributed by atoms with Crippen LogP contribution in [0.1, 0.15) is 13.8 Å². The SMILES string of the molecule is CC(=O)CN1CC(C)C1. The molecule has 2 nitrogen and oxygen atoms in total. The van der Waals surface area contributed by atoms with Crippen molar-refractivity contribution in [2.75, 3.05) is 19.6 Å². The van der Waals surface area contributed by atoms with Crippen LogP contribution >= 0.6 is 0 Å². The van der Waals surface area contributed by atoms with Crippen molar-refractivity contribution in [1.29, 1.82) is 0 Å². The number of nitrogens with zero attached hydrogens (tertiary/aromatic N) is 1. The van der Waals surface area contributed by atoms with Crippen LogP contribution in [0.5, 0.6) is 0 Å². The fraction of sp³-hybridized carbons (Fsp3) is 0.857. The maximum absolute atomic E-state index is 10.5. The summed E-state index contributed by atoms with van der Waals surface area (Å²) in [7, 11) is 0. The van der Waals surface area contributed by atoms with E-state index in [4.69, 9.17) is 0 Å². The second-order valence-corrected chi connectivity index (χ2v) is 3.00. The molecule has 1 rings (SSSR count). The van der Waals surface area contributed by atoms with Crippen molar-refractivity contribution in [2.24, 2.45) is 5.92 Å². The van der Waals surface area contributed by atoms with Crippen molar-refractivity contribution in [3.63, 3.8) is 0 Å². The number of rotatable bonds is 2. The molecule has 0 unspecified atom stereocenters. The number of hydrogen-bond acceptors (Lipinski definition) is 2. The maximum Gasteiger partial charge on any atom is 0.143 e. The summed E-state index contributed by atoms with van der Waals surface area (Å²) in [5.41, 5.74) is 0. The molecule has 2 heteroatoms. The first-order valence-corrected chi connectivity index (χ1v) is 3.40. The van der Waals surface area contributed by atoms with E-state index in [0.29, 0.717) is 6.54 Å². The zero-order valence-corrected chi connectivity index (χ0v) is 6.05. The standard InChI is InChI=1S/C7H13NO/c1-6-3-8(4-6)5-7(2)9/h6H,3-5H2,1-2H3. The van der Waals surface area contributed by atoms with Gasteiger partial charge < -0.3 is 0 Å². The third-order valence-electron chi connectivity index (χ3n) is 1.59. The van der Waals surface area contributed by atoms with Crippen LogP contribution < -0.4 is 0 Å². The third-order valence-corrected chi connectivity index (χ3v) is 1.59. The highest BCUT2D eigenvalue weighted by Gasteiger charge is 2.22. The quantitative estimate of drug-likeness (QED) is 0.539. The summed E-state index contributed by atoms with van der Waals surface area (Å²) in [6, 6.07) is 0. The van der Waals surface area contributed by atoms with Gasteiger partial charge in [0.15, 0.2) is 0 Å². The van der Waals surface area contributed by atoms with E-state index in [9.17, 15) is 4.79 Å². The van der Waals surface area contributed by atoms with E-state index >= 15 is 0 Å². The lowest BCUT2D eigenvalue weighted by molar-refractivity contribution is -0.119. The molecule has 1 heterocycles. The van der Waals surface area contributed by atoms with Gasteiger partial charge in [-0.1, -0.05) is 6.92 Å². The van der Waals surface area contributed by atoms with Crippen LogP contribution in [0.15, 0.2) is 0 Å². The highest BCUT2D eigenvalue weighted by atomic mass is 16.1. The van der Waals surface area contributed by atoms with Gasteiger partial charge in [0, 0.05) is 13.1 Å². The normalized spacial score (nSPS) is 21.6. The molecule has 1 aliphatic heterocycles. The summed E-state index contributed by atoms with van der Waals surface area (Å²) < 4.78 is 0. The highest BCUT2D eigenvalue weighted by Crippen LogP contribution is 2.12. The Morgan fingerprint density at radius 2 is 2.22 bits per heavy atom. The molecule has 0 spiro atoms. The van der Waals surface area contributed by atoms with Crippen molar-refractivity contribution < 1.29 is 4.79 Å². The molecule has 0 aromatic heterocycles. The van der Waals surface area contributed by atoms with Crippen molar-refractivity contribution in [1.82, 2.24) is 4.90 Å². The molecule has 9 heavy (non-hydrogen) atoms. The van der Waals surface area contributed by atoms with E-state index < -0.39 is 0 Å². The largest absolute Gasteiger partial charge is 0.299 e. The topological polar surface area (TPSA) is 20.3 Å². The molecule has 0 saturated carbocycles. The fourth-order valence-electron chi connectivity index (χ4n) is 1.27. The predicted octanol–water partition coefficient (Wildman–Crippen LogP) is 0.527.